The Morgan fingerprint density at radius 2 is 1.83 bits per heavy atom. The van der Waals surface area contributed by atoms with E-state index in [1.807, 2.05) is 17.0 Å². The van der Waals surface area contributed by atoms with Crippen LogP contribution in [0.25, 0.3) is 22.0 Å². The third kappa shape index (κ3) is 7.42. The predicted octanol–water partition coefficient (Wildman–Crippen LogP) is 5.03. The number of carbonyl (C=O) groups excluding carboxylic acids is 3. The van der Waals surface area contributed by atoms with Gasteiger partial charge in [-0.05, 0) is 87.0 Å². The Morgan fingerprint density at radius 3 is 2.54 bits per heavy atom. The Bertz CT molecular complexity index is 2070. The second-order valence-corrected chi connectivity index (χ2v) is 14.6. The molecule has 2 aromatic heterocycles. The van der Waals surface area contributed by atoms with Crippen LogP contribution in [0, 0.1) is 17.7 Å². The van der Waals surface area contributed by atoms with Crippen LogP contribution in [-0.4, -0.2) is 76.6 Å². The van der Waals surface area contributed by atoms with Gasteiger partial charge in [-0.1, -0.05) is 11.6 Å². The van der Waals surface area contributed by atoms with Gasteiger partial charge in [0.1, 0.15) is 28.9 Å². The van der Waals surface area contributed by atoms with Gasteiger partial charge < -0.3 is 19.5 Å². The van der Waals surface area contributed by atoms with E-state index in [9.17, 15) is 19.2 Å². The third-order valence-electron chi connectivity index (χ3n) is 10.9. The highest BCUT2D eigenvalue weighted by molar-refractivity contribution is 6.32. The number of pyridine rings is 1. The summed E-state index contributed by atoms with van der Waals surface area (Å²) in [6, 6.07) is 8.13. The molecule has 0 radical (unpaired) electrons. The normalized spacial score (nSPS) is 19.2. The lowest BCUT2D eigenvalue weighted by Crippen LogP contribution is -2.47. The van der Waals surface area contributed by atoms with E-state index >= 15 is 4.39 Å². The van der Waals surface area contributed by atoms with Gasteiger partial charge in [0.25, 0.3) is 5.56 Å². The Hall–Kier alpha value is -4.75. The number of ketones is 1. The molecule has 0 spiro atoms. The molecule has 3 fully saturated rings. The molecule has 12 nitrogen and oxygen atoms in total. The molecule has 0 aliphatic carbocycles. The van der Waals surface area contributed by atoms with E-state index in [1.54, 1.807) is 38.7 Å². The molecule has 5 heterocycles. The number of anilines is 2. The lowest BCUT2D eigenvalue weighted by Gasteiger charge is -2.35. The Labute approximate surface area is 305 Å². The molecular formula is C38H43ClFN7O5. The molecule has 3 N–H and O–H groups in total. The van der Waals surface area contributed by atoms with Gasteiger partial charge in [-0.3, -0.25) is 34.5 Å². The molecule has 0 bridgehead atoms. The van der Waals surface area contributed by atoms with Crippen molar-refractivity contribution in [3.63, 3.8) is 0 Å². The number of halogens is 2. The Morgan fingerprint density at radius 1 is 1.06 bits per heavy atom. The maximum atomic E-state index is 15.2. The Balaban J connectivity index is 0.896. The molecule has 1 atom stereocenters. The number of aromatic nitrogens is 3. The zero-order chi connectivity index (χ0) is 36.5. The van der Waals surface area contributed by atoms with Gasteiger partial charge in [-0.2, -0.15) is 5.10 Å². The second kappa shape index (κ2) is 15.1. The van der Waals surface area contributed by atoms with Crippen LogP contribution >= 0.6 is 11.6 Å². The van der Waals surface area contributed by atoms with Crippen molar-refractivity contribution in [3.8, 4) is 16.9 Å². The van der Waals surface area contributed by atoms with Gasteiger partial charge in [0.15, 0.2) is 0 Å². The summed E-state index contributed by atoms with van der Waals surface area (Å²) >= 11 is 6.88. The van der Waals surface area contributed by atoms with Crippen molar-refractivity contribution >= 4 is 51.5 Å². The lowest BCUT2D eigenvalue weighted by atomic mass is 9.84. The minimum atomic E-state index is -0.577. The first-order valence-corrected chi connectivity index (χ1v) is 18.2. The number of hydrogen-bond donors (Lipinski definition) is 3. The molecule has 3 aliphatic heterocycles. The number of benzene rings is 2. The van der Waals surface area contributed by atoms with Crippen molar-refractivity contribution in [3.05, 3.63) is 69.5 Å². The second-order valence-electron chi connectivity index (χ2n) is 14.2. The van der Waals surface area contributed by atoms with Crippen LogP contribution in [0.15, 0.2) is 47.5 Å². The smallest absolute Gasteiger partial charge is 0.276 e. The maximum Gasteiger partial charge on any atom is 0.276 e. The van der Waals surface area contributed by atoms with Crippen molar-refractivity contribution < 1.29 is 23.5 Å². The maximum absolute atomic E-state index is 15.2. The fourth-order valence-electron chi connectivity index (χ4n) is 7.84. The van der Waals surface area contributed by atoms with E-state index in [2.05, 4.69) is 25.7 Å². The Kier molecular flexibility index (Phi) is 10.3. The molecule has 52 heavy (non-hydrogen) atoms. The van der Waals surface area contributed by atoms with Crippen LogP contribution < -0.4 is 25.8 Å². The molecular weight excluding hydrogens is 689 g/mol. The fourth-order valence-corrected chi connectivity index (χ4v) is 8.11. The topological polar surface area (TPSA) is 142 Å². The number of nitrogens with zero attached hydrogens (tertiary/aromatic N) is 4. The first kappa shape index (κ1) is 35.6. The summed E-state index contributed by atoms with van der Waals surface area (Å²) in [6.45, 7) is 3.52. The van der Waals surface area contributed by atoms with Crippen molar-refractivity contribution in [1.82, 2.24) is 25.0 Å². The minimum absolute atomic E-state index is 0.0253. The van der Waals surface area contributed by atoms with Crippen LogP contribution in [0.4, 0.5) is 15.8 Å². The molecule has 274 valence electrons. The number of Topliss-reactive ketones (excluding diaryl/α,β-unsaturated/α-hetero) is 1. The quantitative estimate of drug-likeness (QED) is 0.192. The molecule has 1 unspecified atom stereocenters. The number of nitrogens with one attached hydrogen (secondary N) is 3. The predicted molar refractivity (Wildman–Crippen MR) is 197 cm³/mol. The molecule has 7 rings (SSSR count). The van der Waals surface area contributed by atoms with E-state index in [-0.39, 0.29) is 29.6 Å². The highest BCUT2D eigenvalue weighted by Crippen LogP contribution is 2.37. The molecule has 2 amide bonds. The van der Waals surface area contributed by atoms with Gasteiger partial charge >= 0.3 is 0 Å². The number of piperidine rings is 3. The number of H-pyrrole nitrogens is 1. The first-order chi connectivity index (χ1) is 25.1. The largest absolute Gasteiger partial charge is 0.496 e. The minimum Gasteiger partial charge on any atom is -0.496 e. The number of methoxy groups -OCH3 is 1. The van der Waals surface area contributed by atoms with Gasteiger partial charge in [0.2, 0.25) is 11.8 Å². The summed E-state index contributed by atoms with van der Waals surface area (Å²) in [5, 5.41) is 13.5. The summed E-state index contributed by atoms with van der Waals surface area (Å²) in [7, 11) is 3.34. The van der Waals surface area contributed by atoms with E-state index in [0.717, 1.165) is 48.0 Å². The summed E-state index contributed by atoms with van der Waals surface area (Å²) in [5.41, 5.74) is 3.82. The number of likely N-dealkylation sites (tertiary alicyclic amines) is 1. The van der Waals surface area contributed by atoms with Crippen molar-refractivity contribution in [2.24, 2.45) is 18.9 Å². The number of aromatic amines is 1. The molecule has 0 saturated carbocycles. The fraction of sp³-hybridized carbons (Fsp3) is 0.447. The average molecular weight is 732 g/mol. The van der Waals surface area contributed by atoms with Crippen LogP contribution in [0.1, 0.15) is 50.5 Å². The van der Waals surface area contributed by atoms with Gasteiger partial charge in [-0.15, -0.1) is 0 Å². The van der Waals surface area contributed by atoms with Gasteiger partial charge in [0, 0.05) is 78.9 Å². The van der Waals surface area contributed by atoms with Crippen LogP contribution in [-0.2, 0) is 28.0 Å². The number of rotatable bonds is 10. The molecule has 3 aliphatic rings. The summed E-state index contributed by atoms with van der Waals surface area (Å²) in [4.78, 5) is 53.7. The standard InChI is InChI=1S/C38H43ClFN7O5/c1-45-20-27(26-19-41-44-36(26)38(45)51)24-16-29(39)28(34(17-24)52-2)21-46-11-7-22(8-12-46)15-33(48)23-9-13-47(14-10-23)32-5-3-25(18-30(32)40)42-31-4-6-35(49)43-37(31)50/h3,5,16-20,22-23,31,42H,4,6-15,21H2,1-2H3,(H,41,44)(H,43,49,50). The summed E-state index contributed by atoms with van der Waals surface area (Å²) in [5.74, 6) is 0.195. The molecule has 14 heteroatoms. The molecule has 4 aromatic rings. The monoisotopic (exact) mass is 731 g/mol. The zero-order valence-corrected chi connectivity index (χ0v) is 30.1. The lowest BCUT2D eigenvalue weighted by molar-refractivity contribution is -0.133. The number of fused-ring (bicyclic) bond motifs is 1. The van der Waals surface area contributed by atoms with Crippen LogP contribution in [0.2, 0.25) is 5.02 Å². The third-order valence-corrected chi connectivity index (χ3v) is 11.2. The zero-order valence-electron chi connectivity index (χ0n) is 29.3. The van der Waals surface area contributed by atoms with Gasteiger partial charge in [-0.25, -0.2) is 4.39 Å². The number of amides is 2. The molecule has 3 saturated heterocycles. The first-order valence-electron chi connectivity index (χ1n) is 17.9. The average Bonchev–Trinajstić information content (AvgIpc) is 3.63. The highest BCUT2D eigenvalue weighted by atomic mass is 35.5. The van der Waals surface area contributed by atoms with Crippen molar-refractivity contribution in [1.29, 1.82) is 0 Å². The summed E-state index contributed by atoms with van der Waals surface area (Å²) < 4.78 is 22.5. The number of carbonyl (C=O) groups is 3. The van der Waals surface area contributed by atoms with Crippen LogP contribution in [0.5, 0.6) is 5.75 Å². The number of ether oxygens (including phenoxy) is 1. The SMILES string of the molecule is COc1cc(-c2cn(C)c(=O)c3[nH]ncc23)cc(Cl)c1CN1CCC(CC(=O)C2CCN(c3ccc(NC4CCC(=O)NC4=O)cc3F)CC2)CC1. The van der Waals surface area contributed by atoms with E-state index in [4.69, 9.17) is 16.3 Å². The van der Waals surface area contributed by atoms with Crippen molar-refractivity contribution in [2.45, 2.75) is 57.5 Å². The van der Waals surface area contributed by atoms with Gasteiger partial charge in [0.05, 0.1) is 19.0 Å². The molecule has 2 aromatic carbocycles. The van der Waals surface area contributed by atoms with E-state index in [0.29, 0.717) is 84.7 Å². The van der Waals surface area contributed by atoms with E-state index in [1.165, 1.54) is 10.6 Å². The highest BCUT2D eigenvalue weighted by Gasteiger charge is 2.31. The summed E-state index contributed by atoms with van der Waals surface area (Å²) in [6.07, 6.45) is 7.82. The van der Waals surface area contributed by atoms with E-state index < -0.39 is 11.9 Å². The number of imide groups is 1. The van der Waals surface area contributed by atoms with Crippen LogP contribution in [0.3, 0.4) is 0 Å². The number of aryl methyl sites for hydroxylation is 1. The number of hydrogen-bond acceptors (Lipinski definition) is 9. The van der Waals surface area contributed by atoms with Crippen molar-refractivity contribution in [2.75, 3.05) is 43.5 Å².